The van der Waals surface area contributed by atoms with Crippen molar-refractivity contribution in [2.45, 2.75) is 71.5 Å². The standard InChI is InChI=1S/C15H31N3O/c1-6-9-16-13-7-10-18(11-8-13)12(2)14(19)17-15(3,4)5/h12-13,16H,6-11H2,1-5H3,(H,17,19). The zero-order chi connectivity index (χ0) is 14.5. The van der Waals surface area contributed by atoms with E-state index in [2.05, 4.69) is 22.5 Å². The van der Waals surface area contributed by atoms with Crippen LogP contribution in [0.1, 0.15) is 53.9 Å². The first kappa shape index (κ1) is 16.4. The van der Waals surface area contributed by atoms with Crippen molar-refractivity contribution in [1.29, 1.82) is 0 Å². The summed E-state index contributed by atoms with van der Waals surface area (Å²) in [6, 6.07) is 0.612. The average Bonchev–Trinajstić information content (AvgIpc) is 2.34. The van der Waals surface area contributed by atoms with Crippen molar-refractivity contribution in [3.05, 3.63) is 0 Å². The van der Waals surface area contributed by atoms with Crippen molar-refractivity contribution in [1.82, 2.24) is 15.5 Å². The van der Waals surface area contributed by atoms with Crippen LogP contribution in [0.3, 0.4) is 0 Å². The van der Waals surface area contributed by atoms with Gasteiger partial charge in [-0.15, -0.1) is 0 Å². The van der Waals surface area contributed by atoms with Crippen molar-refractivity contribution in [3.8, 4) is 0 Å². The highest BCUT2D eigenvalue weighted by Gasteiger charge is 2.27. The van der Waals surface area contributed by atoms with Gasteiger partial charge in [0.2, 0.25) is 5.91 Å². The number of rotatable bonds is 5. The van der Waals surface area contributed by atoms with Crippen LogP contribution >= 0.6 is 0 Å². The Hall–Kier alpha value is -0.610. The van der Waals surface area contributed by atoms with Crippen molar-refractivity contribution in [2.24, 2.45) is 0 Å². The highest BCUT2D eigenvalue weighted by molar-refractivity contribution is 5.81. The van der Waals surface area contributed by atoms with Gasteiger partial charge >= 0.3 is 0 Å². The van der Waals surface area contributed by atoms with Gasteiger partial charge in [0.25, 0.3) is 0 Å². The van der Waals surface area contributed by atoms with E-state index in [1.165, 1.54) is 6.42 Å². The van der Waals surface area contributed by atoms with E-state index in [1.807, 2.05) is 27.7 Å². The number of hydrogen-bond donors (Lipinski definition) is 2. The molecule has 1 rings (SSSR count). The molecule has 4 heteroatoms. The zero-order valence-corrected chi connectivity index (χ0v) is 13.3. The van der Waals surface area contributed by atoms with Gasteiger partial charge in [0.15, 0.2) is 0 Å². The Labute approximate surface area is 118 Å². The molecule has 0 radical (unpaired) electrons. The van der Waals surface area contributed by atoms with Gasteiger partial charge in [-0.1, -0.05) is 6.92 Å². The van der Waals surface area contributed by atoms with Crippen LogP contribution in [-0.2, 0) is 4.79 Å². The molecule has 0 aromatic heterocycles. The summed E-state index contributed by atoms with van der Waals surface area (Å²) < 4.78 is 0. The molecule has 19 heavy (non-hydrogen) atoms. The van der Waals surface area contributed by atoms with Crippen LogP contribution in [0.2, 0.25) is 0 Å². The van der Waals surface area contributed by atoms with Crippen LogP contribution in [0.25, 0.3) is 0 Å². The zero-order valence-electron chi connectivity index (χ0n) is 13.3. The second-order valence-electron chi connectivity index (χ2n) is 6.68. The third kappa shape index (κ3) is 5.91. The lowest BCUT2D eigenvalue weighted by Crippen LogP contribution is -2.54. The lowest BCUT2D eigenvalue weighted by molar-refractivity contribution is -0.127. The van der Waals surface area contributed by atoms with Gasteiger partial charge in [-0.05, 0) is 53.5 Å². The summed E-state index contributed by atoms with van der Waals surface area (Å²) >= 11 is 0. The second-order valence-corrected chi connectivity index (χ2v) is 6.68. The highest BCUT2D eigenvalue weighted by Crippen LogP contribution is 2.14. The number of nitrogens with zero attached hydrogens (tertiary/aromatic N) is 1. The fourth-order valence-corrected chi connectivity index (χ4v) is 2.48. The van der Waals surface area contributed by atoms with Crippen LogP contribution in [-0.4, -0.2) is 48.1 Å². The molecule has 0 aromatic rings. The lowest BCUT2D eigenvalue weighted by atomic mass is 10.0. The van der Waals surface area contributed by atoms with Crippen molar-refractivity contribution < 1.29 is 4.79 Å². The number of carbonyl (C=O) groups is 1. The maximum Gasteiger partial charge on any atom is 0.237 e. The Morgan fingerprint density at radius 1 is 1.32 bits per heavy atom. The molecule has 0 bridgehead atoms. The van der Waals surface area contributed by atoms with Crippen LogP contribution in [0.4, 0.5) is 0 Å². The molecule has 1 unspecified atom stereocenters. The maximum absolute atomic E-state index is 12.1. The fourth-order valence-electron chi connectivity index (χ4n) is 2.48. The molecule has 0 saturated carbocycles. The molecule has 1 heterocycles. The molecule has 4 nitrogen and oxygen atoms in total. The summed E-state index contributed by atoms with van der Waals surface area (Å²) in [4.78, 5) is 14.4. The van der Waals surface area contributed by atoms with E-state index in [0.717, 1.165) is 32.5 Å². The van der Waals surface area contributed by atoms with E-state index in [9.17, 15) is 4.79 Å². The summed E-state index contributed by atoms with van der Waals surface area (Å²) in [5, 5.41) is 6.64. The van der Waals surface area contributed by atoms with Crippen LogP contribution in [0.5, 0.6) is 0 Å². The molecule has 1 saturated heterocycles. The number of hydrogen-bond acceptors (Lipinski definition) is 3. The van der Waals surface area contributed by atoms with Gasteiger partial charge in [-0.3, -0.25) is 9.69 Å². The minimum Gasteiger partial charge on any atom is -0.350 e. The first-order chi connectivity index (χ1) is 8.83. The lowest BCUT2D eigenvalue weighted by Gasteiger charge is -2.36. The van der Waals surface area contributed by atoms with Gasteiger partial charge in [0.05, 0.1) is 6.04 Å². The molecule has 1 aliphatic heterocycles. The van der Waals surface area contributed by atoms with Crippen molar-refractivity contribution >= 4 is 5.91 Å². The monoisotopic (exact) mass is 269 g/mol. The normalized spacial score (nSPS) is 20.3. The van der Waals surface area contributed by atoms with Crippen LogP contribution < -0.4 is 10.6 Å². The minimum atomic E-state index is -0.146. The number of carbonyl (C=O) groups excluding carboxylic acids is 1. The maximum atomic E-state index is 12.1. The van der Waals surface area contributed by atoms with Gasteiger partial charge in [0, 0.05) is 24.7 Å². The SMILES string of the molecule is CCCNC1CCN(C(C)C(=O)NC(C)(C)C)CC1. The summed E-state index contributed by atoms with van der Waals surface area (Å²) in [5.41, 5.74) is -0.146. The summed E-state index contributed by atoms with van der Waals surface area (Å²) in [5.74, 6) is 0.146. The second kappa shape index (κ2) is 7.25. The topological polar surface area (TPSA) is 44.4 Å². The average molecular weight is 269 g/mol. The van der Waals surface area contributed by atoms with E-state index in [1.54, 1.807) is 0 Å². The fraction of sp³-hybridized carbons (Fsp3) is 0.933. The van der Waals surface area contributed by atoms with Crippen LogP contribution in [0.15, 0.2) is 0 Å². The summed E-state index contributed by atoms with van der Waals surface area (Å²) in [6.45, 7) is 13.4. The van der Waals surface area contributed by atoms with E-state index in [-0.39, 0.29) is 17.5 Å². The molecule has 1 amide bonds. The minimum absolute atomic E-state index is 0.0219. The Bertz CT molecular complexity index is 278. The first-order valence-electron chi connectivity index (χ1n) is 7.63. The summed E-state index contributed by atoms with van der Waals surface area (Å²) in [7, 11) is 0. The third-order valence-corrected chi connectivity index (χ3v) is 3.64. The first-order valence-corrected chi connectivity index (χ1v) is 7.63. The predicted molar refractivity (Wildman–Crippen MR) is 80.2 cm³/mol. The summed E-state index contributed by atoms with van der Waals surface area (Å²) in [6.07, 6.45) is 3.48. The largest absolute Gasteiger partial charge is 0.350 e. The van der Waals surface area contributed by atoms with E-state index >= 15 is 0 Å². The molecule has 1 atom stereocenters. The number of likely N-dealkylation sites (tertiary alicyclic amines) is 1. The highest BCUT2D eigenvalue weighted by atomic mass is 16.2. The molecule has 1 fully saturated rings. The molecule has 0 aliphatic carbocycles. The van der Waals surface area contributed by atoms with Crippen molar-refractivity contribution in [3.63, 3.8) is 0 Å². The third-order valence-electron chi connectivity index (χ3n) is 3.64. The van der Waals surface area contributed by atoms with E-state index in [0.29, 0.717) is 6.04 Å². The van der Waals surface area contributed by atoms with Gasteiger partial charge < -0.3 is 10.6 Å². The number of nitrogens with one attached hydrogen (secondary N) is 2. The quantitative estimate of drug-likeness (QED) is 0.799. The van der Waals surface area contributed by atoms with Crippen molar-refractivity contribution in [2.75, 3.05) is 19.6 Å². The molecule has 2 N–H and O–H groups in total. The molecular weight excluding hydrogens is 238 g/mol. The Morgan fingerprint density at radius 3 is 2.37 bits per heavy atom. The van der Waals surface area contributed by atoms with Crippen LogP contribution in [0, 0.1) is 0 Å². The molecular formula is C15H31N3O. The Balaban J connectivity index is 2.36. The predicted octanol–water partition coefficient (Wildman–Crippen LogP) is 1.75. The number of amides is 1. The molecule has 0 spiro atoms. The Morgan fingerprint density at radius 2 is 1.89 bits per heavy atom. The van der Waals surface area contributed by atoms with Gasteiger partial charge in [0.1, 0.15) is 0 Å². The van der Waals surface area contributed by atoms with Gasteiger partial charge in [-0.2, -0.15) is 0 Å². The smallest absolute Gasteiger partial charge is 0.237 e. The number of piperidine rings is 1. The van der Waals surface area contributed by atoms with E-state index in [4.69, 9.17) is 0 Å². The Kier molecular flexibility index (Phi) is 6.27. The molecule has 112 valence electrons. The molecule has 1 aliphatic rings. The van der Waals surface area contributed by atoms with E-state index < -0.39 is 0 Å². The van der Waals surface area contributed by atoms with Gasteiger partial charge in [-0.25, -0.2) is 0 Å². The molecule has 0 aromatic carbocycles.